The summed E-state index contributed by atoms with van der Waals surface area (Å²) in [6.07, 6.45) is 5.38. The monoisotopic (exact) mass is 727 g/mol. The van der Waals surface area contributed by atoms with Crippen LogP contribution in [0.15, 0.2) is 18.2 Å². The molecule has 0 radical (unpaired) electrons. The van der Waals surface area contributed by atoms with Crippen LogP contribution in [0, 0.1) is 23.2 Å². The molecule has 1 aromatic rings. The Hall–Kier alpha value is -1.30. The second kappa shape index (κ2) is 17.3. The minimum atomic E-state index is -5.56. The van der Waals surface area contributed by atoms with Crippen molar-refractivity contribution >= 4 is 29.2 Å². The summed E-state index contributed by atoms with van der Waals surface area (Å²) >= 11 is 0. The van der Waals surface area contributed by atoms with Crippen molar-refractivity contribution in [3.05, 3.63) is 34.9 Å². The van der Waals surface area contributed by atoms with Crippen molar-refractivity contribution in [2.75, 3.05) is 25.6 Å². The number of fused-ring (bicyclic) bond motifs is 5. The number of carbonyl (C=O) groups is 1. The van der Waals surface area contributed by atoms with Crippen LogP contribution in [0.3, 0.4) is 0 Å². The fourth-order valence-corrected chi connectivity index (χ4v) is 10.3. The number of unbranched alkanes of at least 4 members (excludes halogenated alkanes) is 6. The molecule has 12 heteroatoms. The number of alkyl halides is 5. The molecule has 1 aromatic carbocycles. The SMILES string of the molecule is CN(C)C(C(=O)O)c1ccc2c(c1)C[C@@H](CCCCCCCCCS(=O)CCCC(F)(F)C(F)(F)F)[C@@H]1[C@@H]2CC[C@]2(C)[C@@H](O)CC[C@@H]12.Cl. The smallest absolute Gasteiger partial charge is 0.453 e. The van der Waals surface area contributed by atoms with E-state index in [9.17, 15) is 41.2 Å². The number of rotatable bonds is 17. The van der Waals surface area contributed by atoms with Crippen LogP contribution in [-0.4, -0.2) is 69.1 Å². The fourth-order valence-electron chi connectivity index (χ4n) is 9.15. The van der Waals surface area contributed by atoms with Crippen molar-refractivity contribution in [2.24, 2.45) is 23.2 Å². The molecular weight excluding hydrogens is 673 g/mol. The van der Waals surface area contributed by atoms with Gasteiger partial charge in [-0.2, -0.15) is 22.0 Å². The average molecular weight is 728 g/mol. The number of nitrogens with zero attached hydrogens (tertiary/aromatic N) is 1. The quantitative estimate of drug-likeness (QED) is 0.124. The van der Waals surface area contributed by atoms with E-state index in [0.29, 0.717) is 35.8 Å². The molecule has 0 bridgehead atoms. The summed E-state index contributed by atoms with van der Waals surface area (Å²) in [6.45, 7) is 2.29. The van der Waals surface area contributed by atoms with Crippen LogP contribution in [0.4, 0.5) is 22.0 Å². The van der Waals surface area contributed by atoms with Crippen LogP contribution in [0.25, 0.3) is 0 Å². The van der Waals surface area contributed by atoms with E-state index in [1.165, 1.54) is 11.1 Å². The predicted molar refractivity (Wildman–Crippen MR) is 182 cm³/mol. The maximum absolute atomic E-state index is 13.0. The van der Waals surface area contributed by atoms with Crippen LogP contribution in [0.1, 0.15) is 125 Å². The molecule has 276 valence electrons. The van der Waals surface area contributed by atoms with Gasteiger partial charge in [-0.05, 0) is 111 Å². The number of aliphatic carboxylic acids is 1. The number of carboxylic acid groups (broad SMARTS) is 1. The molecule has 0 amide bonds. The molecule has 4 rings (SSSR count). The van der Waals surface area contributed by atoms with Crippen LogP contribution in [0.2, 0.25) is 0 Å². The summed E-state index contributed by atoms with van der Waals surface area (Å²) < 4.78 is 74.9. The number of halogens is 6. The lowest BCUT2D eigenvalue weighted by Gasteiger charge is -2.53. The van der Waals surface area contributed by atoms with Gasteiger partial charge < -0.3 is 10.2 Å². The maximum atomic E-state index is 13.0. The topological polar surface area (TPSA) is 77.8 Å². The van der Waals surface area contributed by atoms with Crippen LogP contribution in [-0.2, 0) is 22.0 Å². The van der Waals surface area contributed by atoms with E-state index < -0.39 is 47.8 Å². The number of hydrogen-bond acceptors (Lipinski definition) is 4. The van der Waals surface area contributed by atoms with Gasteiger partial charge >= 0.3 is 18.1 Å². The first-order valence-corrected chi connectivity index (χ1v) is 19.0. The van der Waals surface area contributed by atoms with Gasteiger partial charge in [-0.1, -0.05) is 63.6 Å². The maximum Gasteiger partial charge on any atom is 0.453 e. The van der Waals surface area contributed by atoms with Gasteiger partial charge in [-0.15, -0.1) is 12.4 Å². The van der Waals surface area contributed by atoms with Crippen molar-refractivity contribution in [3.63, 3.8) is 0 Å². The third kappa shape index (κ3) is 9.52. The third-order valence-electron chi connectivity index (χ3n) is 11.7. The molecule has 0 spiro atoms. The molecule has 2 fully saturated rings. The second-order valence-corrected chi connectivity index (χ2v) is 16.7. The van der Waals surface area contributed by atoms with Gasteiger partial charge in [0, 0.05) is 28.7 Å². The molecule has 3 aliphatic carbocycles. The Morgan fingerprint density at radius 3 is 2.23 bits per heavy atom. The highest BCUT2D eigenvalue weighted by molar-refractivity contribution is 7.84. The van der Waals surface area contributed by atoms with Gasteiger partial charge in [0.1, 0.15) is 6.04 Å². The van der Waals surface area contributed by atoms with E-state index in [2.05, 4.69) is 19.1 Å². The normalized spacial score (nSPS) is 28.2. The van der Waals surface area contributed by atoms with Gasteiger partial charge in [0.25, 0.3) is 0 Å². The highest BCUT2D eigenvalue weighted by atomic mass is 35.5. The van der Waals surface area contributed by atoms with Crippen molar-refractivity contribution in [3.8, 4) is 0 Å². The second-order valence-electron chi connectivity index (χ2n) is 15.0. The molecule has 8 atom stereocenters. The number of benzene rings is 1. The Morgan fingerprint density at radius 1 is 0.979 bits per heavy atom. The van der Waals surface area contributed by atoms with E-state index >= 15 is 0 Å². The van der Waals surface area contributed by atoms with E-state index in [0.717, 1.165) is 82.6 Å². The molecule has 0 heterocycles. The molecular formula is C36H55ClF5NO4S. The van der Waals surface area contributed by atoms with Crippen LogP contribution in [0.5, 0.6) is 0 Å². The minimum Gasteiger partial charge on any atom is -0.480 e. The molecule has 5 nitrogen and oxygen atoms in total. The zero-order valence-electron chi connectivity index (χ0n) is 28.6. The lowest BCUT2D eigenvalue weighted by Crippen LogP contribution is -2.47. The Balaban J connectivity index is 0.00000625. The van der Waals surface area contributed by atoms with Crippen LogP contribution < -0.4 is 0 Å². The van der Waals surface area contributed by atoms with Gasteiger partial charge in [-0.3, -0.25) is 13.9 Å². The van der Waals surface area contributed by atoms with Crippen molar-refractivity contribution in [1.82, 2.24) is 4.90 Å². The summed E-state index contributed by atoms with van der Waals surface area (Å²) in [7, 11) is 2.21. The van der Waals surface area contributed by atoms with Gasteiger partial charge in [0.2, 0.25) is 0 Å². The molecule has 2 saturated carbocycles. The molecule has 3 aliphatic rings. The van der Waals surface area contributed by atoms with E-state index in [1.54, 1.807) is 19.0 Å². The third-order valence-corrected chi connectivity index (χ3v) is 13.2. The summed E-state index contributed by atoms with van der Waals surface area (Å²) in [5, 5.41) is 20.9. The predicted octanol–water partition coefficient (Wildman–Crippen LogP) is 9.09. The molecule has 0 aromatic heterocycles. The van der Waals surface area contributed by atoms with Crippen LogP contribution >= 0.6 is 12.4 Å². The minimum absolute atomic E-state index is 0. The summed E-state index contributed by atoms with van der Waals surface area (Å²) in [5.74, 6) is -3.42. The first-order valence-electron chi connectivity index (χ1n) is 17.6. The van der Waals surface area contributed by atoms with Gasteiger partial charge in [0.15, 0.2) is 0 Å². The summed E-state index contributed by atoms with van der Waals surface area (Å²) in [6, 6.07) is 5.64. The standard InChI is InChI=1S/C36H54F5NO4S.ClH/c1-34-19-17-28-27-14-13-25(32(33(44)45)42(2)3)23-26(27)22-24(31(28)29(34)15-16-30(34)43)12-9-7-5-4-6-8-10-20-47(46)21-11-18-35(37,38)36(39,40)41;/h13-14,23-24,28-32,43H,4-12,15-22H2,1-3H3,(H,44,45);1H/t24-,28-,29+,30+,31-,32?,34+,47?;/m1./s1. The van der Waals surface area contributed by atoms with Crippen molar-refractivity contribution in [1.29, 1.82) is 0 Å². The highest BCUT2D eigenvalue weighted by Gasteiger charge is 2.57. The number of aliphatic hydroxyl groups is 1. The van der Waals surface area contributed by atoms with E-state index in [-0.39, 0.29) is 29.7 Å². The highest BCUT2D eigenvalue weighted by Crippen LogP contribution is 2.62. The zero-order chi connectivity index (χ0) is 34.6. The first-order chi connectivity index (χ1) is 22.1. The molecule has 2 N–H and O–H groups in total. The summed E-state index contributed by atoms with van der Waals surface area (Å²) in [5.41, 5.74) is 3.45. The number of likely N-dealkylation sites (N-methyl/N-ethyl adjacent to an activating group) is 1. The Morgan fingerprint density at radius 2 is 1.60 bits per heavy atom. The Kier molecular flexibility index (Phi) is 14.8. The number of carboxylic acids is 1. The first kappa shape index (κ1) is 41.1. The Labute approximate surface area is 291 Å². The Bertz CT molecular complexity index is 1230. The molecule has 48 heavy (non-hydrogen) atoms. The lowest BCUT2D eigenvalue weighted by molar-refractivity contribution is -0.284. The fraction of sp³-hybridized carbons (Fsp3) is 0.806. The lowest BCUT2D eigenvalue weighted by atomic mass is 9.52. The molecule has 0 aliphatic heterocycles. The van der Waals surface area contributed by atoms with Gasteiger partial charge in [0.05, 0.1) is 6.10 Å². The average Bonchev–Trinajstić information content (AvgIpc) is 3.28. The van der Waals surface area contributed by atoms with Crippen molar-refractivity contribution in [2.45, 2.75) is 133 Å². The summed E-state index contributed by atoms with van der Waals surface area (Å²) in [4.78, 5) is 13.8. The zero-order valence-corrected chi connectivity index (χ0v) is 30.2. The molecule has 0 saturated heterocycles. The van der Waals surface area contributed by atoms with E-state index in [4.69, 9.17) is 0 Å². The number of aliphatic hydroxyl groups excluding tert-OH is 1. The molecule has 2 unspecified atom stereocenters. The van der Waals surface area contributed by atoms with Crippen molar-refractivity contribution < 1.29 is 41.2 Å². The largest absolute Gasteiger partial charge is 0.480 e. The number of hydrogen-bond donors (Lipinski definition) is 2. The van der Waals surface area contributed by atoms with E-state index in [1.807, 2.05) is 6.07 Å². The van der Waals surface area contributed by atoms with Gasteiger partial charge in [-0.25, -0.2) is 0 Å².